The van der Waals surface area contributed by atoms with E-state index in [0.29, 0.717) is 32.4 Å². The van der Waals surface area contributed by atoms with Gasteiger partial charge >= 0.3 is 0 Å². The predicted octanol–water partition coefficient (Wildman–Crippen LogP) is 3.01. The highest BCUT2D eigenvalue weighted by Crippen LogP contribution is 2.33. The Morgan fingerprint density at radius 1 is 1.13 bits per heavy atom. The molecule has 1 fully saturated rings. The predicted molar refractivity (Wildman–Crippen MR) is 117 cm³/mol. The van der Waals surface area contributed by atoms with Crippen LogP contribution in [0.1, 0.15) is 42.0 Å². The van der Waals surface area contributed by atoms with E-state index < -0.39 is 0 Å². The van der Waals surface area contributed by atoms with Crippen molar-refractivity contribution < 1.29 is 14.0 Å². The highest BCUT2D eigenvalue weighted by Gasteiger charge is 2.34. The minimum Gasteiger partial charge on any atom is -0.369 e. The van der Waals surface area contributed by atoms with Crippen molar-refractivity contribution in [3.63, 3.8) is 0 Å². The number of piperidine rings is 1. The molecule has 2 aromatic carbocycles. The number of benzene rings is 2. The summed E-state index contributed by atoms with van der Waals surface area (Å²) in [6.45, 7) is 3.56. The van der Waals surface area contributed by atoms with E-state index in [2.05, 4.69) is 6.07 Å². The highest BCUT2D eigenvalue weighted by atomic mass is 19.1. The number of carbonyl (C=O) groups excluding carboxylic acids is 2. The van der Waals surface area contributed by atoms with Crippen LogP contribution >= 0.6 is 0 Å². The standard InChI is InChI=1S/C24H27FN4O2/c1-16-3-2-4-19(13-16)21-14-22(17-5-7-20(25)8-6-17)29(27-21)23(30)15-28-11-9-18(10-12-28)24(26)31/h2-8,13,18,22H,9-12,14-15H2,1H3,(H2,26,31)/t22-/m0/s1. The molecule has 2 N–H and O–H groups in total. The molecule has 31 heavy (non-hydrogen) atoms. The Bertz CT molecular complexity index is 997. The van der Waals surface area contributed by atoms with Crippen molar-refractivity contribution in [3.05, 3.63) is 71.0 Å². The van der Waals surface area contributed by atoms with Gasteiger partial charge in [0.1, 0.15) is 5.82 Å². The number of carbonyl (C=O) groups is 2. The van der Waals surface area contributed by atoms with Crippen LogP contribution in [0.2, 0.25) is 0 Å². The van der Waals surface area contributed by atoms with Crippen LogP contribution in [0, 0.1) is 18.7 Å². The Morgan fingerprint density at radius 2 is 1.84 bits per heavy atom. The summed E-state index contributed by atoms with van der Waals surface area (Å²) < 4.78 is 13.5. The fraction of sp³-hybridized carbons (Fsp3) is 0.375. The van der Waals surface area contributed by atoms with Crippen molar-refractivity contribution in [2.45, 2.75) is 32.2 Å². The number of hydrazone groups is 1. The van der Waals surface area contributed by atoms with Gasteiger partial charge in [-0.2, -0.15) is 5.10 Å². The van der Waals surface area contributed by atoms with Gasteiger partial charge in [-0.25, -0.2) is 9.40 Å². The second-order valence-corrected chi connectivity index (χ2v) is 8.38. The number of hydrogen-bond acceptors (Lipinski definition) is 4. The Hall–Kier alpha value is -3.06. The van der Waals surface area contributed by atoms with Gasteiger partial charge in [0.25, 0.3) is 5.91 Å². The quantitative estimate of drug-likeness (QED) is 0.805. The van der Waals surface area contributed by atoms with Crippen molar-refractivity contribution in [1.29, 1.82) is 0 Å². The molecule has 0 bridgehead atoms. The van der Waals surface area contributed by atoms with Gasteiger partial charge in [-0.05, 0) is 56.1 Å². The monoisotopic (exact) mass is 422 g/mol. The third-order valence-corrected chi connectivity index (χ3v) is 6.12. The Morgan fingerprint density at radius 3 is 2.48 bits per heavy atom. The summed E-state index contributed by atoms with van der Waals surface area (Å²) in [4.78, 5) is 26.7. The number of nitrogens with two attached hydrogens (primary N) is 1. The summed E-state index contributed by atoms with van der Waals surface area (Å²) in [7, 11) is 0. The van der Waals surface area contributed by atoms with Gasteiger partial charge < -0.3 is 5.73 Å². The molecule has 2 aromatic rings. The molecule has 0 unspecified atom stereocenters. The molecule has 2 heterocycles. The maximum atomic E-state index is 13.5. The number of likely N-dealkylation sites (tertiary alicyclic amines) is 1. The van der Waals surface area contributed by atoms with Crippen LogP contribution in [-0.2, 0) is 9.59 Å². The normalized spacial score (nSPS) is 20.0. The van der Waals surface area contributed by atoms with Gasteiger partial charge in [-0.1, -0.05) is 42.0 Å². The molecular formula is C24H27FN4O2. The Kier molecular flexibility index (Phi) is 6.13. The summed E-state index contributed by atoms with van der Waals surface area (Å²) in [6, 6.07) is 14.0. The number of aryl methyl sites for hydroxylation is 1. The van der Waals surface area contributed by atoms with Crippen molar-refractivity contribution in [1.82, 2.24) is 9.91 Å². The molecule has 0 spiro atoms. The maximum Gasteiger partial charge on any atom is 0.257 e. The molecule has 0 aromatic heterocycles. The van der Waals surface area contributed by atoms with E-state index in [1.54, 1.807) is 17.1 Å². The second-order valence-electron chi connectivity index (χ2n) is 8.38. The lowest BCUT2D eigenvalue weighted by Gasteiger charge is -2.31. The maximum absolute atomic E-state index is 13.5. The molecule has 1 saturated heterocycles. The van der Waals surface area contributed by atoms with E-state index >= 15 is 0 Å². The molecule has 0 saturated carbocycles. The van der Waals surface area contributed by atoms with Gasteiger partial charge in [0.2, 0.25) is 5.91 Å². The number of rotatable bonds is 5. The summed E-state index contributed by atoms with van der Waals surface area (Å²) >= 11 is 0. The molecule has 6 nitrogen and oxygen atoms in total. The lowest BCUT2D eigenvalue weighted by Crippen LogP contribution is -2.44. The smallest absolute Gasteiger partial charge is 0.257 e. The number of amides is 2. The summed E-state index contributed by atoms with van der Waals surface area (Å²) in [6.07, 6.45) is 1.91. The third-order valence-electron chi connectivity index (χ3n) is 6.12. The molecule has 4 rings (SSSR count). The van der Waals surface area contributed by atoms with Gasteiger partial charge in [0.05, 0.1) is 18.3 Å². The summed E-state index contributed by atoms with van der Waals surface area (Å²) in [5, 5.41) is 6.24. The van der Waals surface area contributed by atoms with E-state index in [-0.39, 0.29) is 36.1 Å². The molecule has 2 amide bonds. The summed E-state index contributed by atoms with van der Waals surface area (Å²) in [5.41, 5.74) is 9.23. The van der Waals surface area contributed by atoms with Crippen molar-refractivity contribution in [2.24, 2.45) is 16.8 Å². The van der Waals surface area contributed by atoms with Crippen LogP contribution in [0.15, 0.2) is 53.6 Å². The topological polar surface area (TPSA) is 79.0 Å². The van der Waals surface area contributed by atoms with Crippen molar-refractivity contribution in [3.8, 4) is 0 Å². The van der Waals surface area contributed by atoms with E-state index in [4.69, 9.17) is 10.8 Å². The lowest BCUT2D eigenvalue weighted by molar-refractivity contribution is -0.134. The minimum absolute atomic E-state index is 0.102. The minimum atomic E-state index is -0.309. The first-order valence-corrected chi connectivity index (χ1v) is 10.6. The fourth-order valence-corrected chi connectivity index (χ4v) is 4.32. The zero-order chi connectivity index (χ0) is 22.0. The van der Waals surface area contributed by atoms with Crippen LogP contribution < -0.4 is 5.73 Å². The SMILES string of the molecule is Cc1cccc(C2=NN(C(=O)CN3CCC(C(N)=O)CC3)[C@H](c3ccc(F)cc3)C2)c1. The largest absolute Gasteiger partial charge is 0.369 e. The number of nitrogens with zero attached hydrogens (tertiary/aromatic N) is 3. The van der Waals surface area contributed by atoms with E-state index in [1.165, 1.54) is 12.1 Å². The van der Waals surface area contributed by atoms with Crippen molar-refractivity contribution >= 4 is 17.5 Å². The van der Waals surface area contributed by atoms with E-state index in [0.717, 1.165) is 22.4 Å². The molecule has 2 aliphatic rings. The van der Waals surface area contributed by atoms with Crippen LogP contribution in [0.25, 0.3) is 0 Å². The van der Waals surface area contributed by atoms with Crippen LogP contribution in [0.5, 0.6) is 0 Å². The average molecular weight is 423 g/mol. The molecule has 0 radical (unpaired) electrons. The van der Waals surface area contributed by atoms with Gasteiger partial charge in [-0.15, -0.1) is 0 Å². The fourth-order valence-electron chi connectivity index (χ4n) is 4.32. The molecular weight excluding hydrogens is 395 g/mol. The first kappa shape index (κ1) is 21.2. The first-order chi connectivity index (χ1) is 14.9. The van der Waals surface area contributed by atoms with E-state index in [1.807, 2.05) is 30.0 Å². The Balaban J connectivity index is 1.54. The van der Waals surface area contributed by atoms with Crippen LogP contribution in [-0.4, -0.2) is 47.1 Å². The number of hydrogen-bond donors (Lipinski definition) is 1. The first-order valence-electron chi connectivity index (χ1n) is 10.6. The zero-order valence-electron chi connectivity index (χ0n) is 17.6. The molecule has 7 heteroatoms. The van der Waals surface area contributed by atoms with Gasteiger partial charge in [-0.3, -0.25) is 14.5 Å². The third kappa shape index (κ3) is 4.82. The highest BCUT2D eigenvalue weighted by molar-refractivity contribution is 6.03. The zero-order valence-corrected chi connectivity index (χ0v) is 17.6. The molecule has 162 valence electrons. The van der Waals surface area contributed by atoms with Gasteiger partial charge in [0.15, 0.2) is 0 Å². The average Bonchev–Trinajstić information content (AvgIpc) is 3.20. The van der Waals surface area contributed by atoms with Crippen LogP contribution in [0.4, 0.5) is 4.39 Å². The molecule has 2 aliphatic heterocycles. The number of halogens is 1. The van der Waals surface area contributed by atoms with E-state index in [9.17, 15) is 14.0 Å². The number of primary amides is 1. The second kappa shape index (κ2) is 8.98. The summed E-state index contributed by atoms with van der Waals surface area (Å²) in [5.74, 6) is -0.795. The van der Waals surface area contributed by atoms with Crippen LogP contribution in [0.3, 0.4) is 0 Å². The Labute approximate surface area is 181 Å². The molecule has 0 aliphatic carbocycles. The molecule has 1 atom stereocenters. The van der Waals surface area contributed by atoms with Crippen molar-refractivity contribution in [2.75, 3.05) is 19.6 Å². The lowest BCUT2D eigenvalue weighted by atomic mass is 9.96. The van der Waals surface area contributed by atoms with Gasteiger partial charge in [0, 0.05) is 12.3 Å².